The van der Waals surface area contributed by atoms with E-state index in [1.54, 1.807) is 6.19 Å². The molecule has 7 heteroatoms. The van der Waals surface area contributed by atoms with Crippen molar-refractivity contribution >= 4 is 30.2 Å². The first-order valence-corrected chi connectivity index (χ1v) is 5.10. The fourth-order valence-corrected chi connectivity index (χ4v) is 1.13. The lowest BCUT2D eigenvalue weighted by atomic mass is 10.1. The molecule has 0 saturated carbocycles. The number of ketones is 2. The molecule has 16 heavy (non-hydrogen) atoms. The summed E-state index contributed by atoms with van der Waals surface area (Å²) < 4.78 is 0. The highest BCUT2D eigenvalue weighted by Crippen LogP contribution is 2.01. The number of hydrogen-bond acceptors (Lipinski definition) is 5. The smallest absolute Gasteiger partial charge is 0.204 e. The molecular formula is C9H14N4O2S. The topological polar surface area (TPSA) is 94.3 Å². The number of nitrogens with zero attached hydrogens (tertiary/aromatic N) is 2. The second kappa shape index (κ2) is 7.70. The molecule has 0 fully saturated rings. The van der Waals surface area contributed by atoms with Crippen LogP contribution in [0.15, 0.2) is 4.99 Å². The molecule has 0 aliphatic rings. The van der Waals surface area contributed by atoms with Crippen LogP contribution in [-0.4, -0.2) is 36.4 Å². The summed E-state index contributed by atoms with van der Waals surface area (Å²) in [5, 5.41) is 13.2. The summed E-state index contributed by atoms with van der Waals surface area (Å²) in [5.41, 5.74) is 0. The van der Waals surface area contributed by atoms with E-state index >= 15 is 0 Å². The summed E-state index contributed by atoms with van der Waals surface area (Å²) in [5.74, 6) is -0.625. The Kier molecular flexibility index (Phi) is 6.96. The quantitative estimate of drug-likeness (QED) is 0.151. The van der Waals surface area contributed by atoms with E-state index < -0.39 is 11.6 Å². The number of hydrogen-bond donors (Lipinski definition) is 3. The van der Waals surface area contributed by atoms with Crippen molar-refractivity contribution in [1.82, 2.24) is 10.6 Å². The Balaban J connectivity index is 3.98. The van der Waals surface area contributed by atoms with Gasteiger partial charge in [0.25, 0.3) is 0 Å². The van der Waals surface area contributed by atoms with E-state index in [0.29, 0.717) is 12.5 Å². The molecule has 6 nitrogen and oxygen atoms in total. The van der Waals surface area contributed by atoms with Crippen LogP contribution in [0.4, 0.5) is 0 Å². The minimum Gasteiger partial charge on any atom is -0.354 e. The number of aliphatic imine (C=N–C) groups is 1. The van der Waals surface area contributed by atoms with Crippen LogP contribution in [0.2, 0.25) is 0 Å². The van der Waals surface area contributed by atoms with Gasteiger partial charge in [-0.25, -0.2) is 0 Å². The summed E-state index contributed by atoms with van der Waals surface area (Å²) >= 11 is 4.14. The minimum atomic E-state index is -0.474. The number of nitrogens with one attached hydrogen (secondary N) is 2. The summed E-state index contributed by atoms with van der Waals surface area (Å²) in [6.07, 6.45) is 1.78. The fraction of sp³-hybridized carbons (Fsp3) is 0.556. The van der Waals surface area contributed by atoms with Crippen LogP contribution in [0.3, 0.4) is 0 Å². The maximum atomic E-state index is 11.1. The minimum absolute atomic E-state index is 0.0645. The number of Topliss-reactive ketones (excluding diaryl/α,β-unsaturated/α-hetero) is 2. The van der Waals surface area contributed by atoms with E-state index in [0.717, 1.165) is 0 Å². The van der Waals surface area contributed by atoms with Gasteiger partial charge in [0.05, 0.1) is 0 Å². The molecule has 0 bridgehead atoms. The third-order valence-electron chi connectivity index (χ3n) is 1.72. The SMILES string of the molecule is CN=C(NC#N)NCC(S)CC(=O)C(C)=O. The van der Waals surface area contributed by atoms with Gasteiger partial charge in [0, 0.05) is 32.2 Å². The lowest BCUT2D eigenvalue weighted by Crippen LogP contribution is -2.38. The maximum Gasteiger partial charge on any atom is 0.204 e. The van der Waals surface area contributed by atoms with E-state index in [2.05, 4.69) is 28.3 Å². The average Bonchev–Trinajstić information content (AvgIpc) is 2.23. The molecule has 0 amide bonds. The van der Waals surface area contributed by atoms with Crippen LogP contribution in [0.25, 0.3) is 0 Å². The van der Waals surface area contributed by atoms with Crippen LogP contribution < -0.4 is 10.6 Å². The molecule has 0 heterocycles. The second-order valence-corrected chi connectivity index (χ2v) is 3.76. The lowest BCUT2D eigenvalue weighted by molar-refractivity contribution is -0.135. The fourth-order valence-electron chi connectivity index (χ4n) is 0.876. The summed E-state index contributed by atoms with van der Waals surface area (Å²) in [6, 6.07) is 0. The van der Waals surface area contributed by atoms with Gasteiger partial charge in [0.1, 0.15) is 0 Å². The van der Waals surface area contributed by atoms with Crippen LogP contribution in [0.5, 0.6) is 0 Å². The summed E-state index contributed by atoms with van der Waals surface area (Å²) in [6.45, 7) is 1.57. The van der Waals surface area contributed by atoms with Crippen molar-refractivity contribution in [2.24, 2.45) is 4.99 Å². The monoisotopic (exact) mass is 242 g/mol. The average molecular weight is 242 g/mol. The second-order valence-electron chi connectivity index (χ2n) is 3.03. The Bertz CT molecular complexity index is 335. The van der Waals surface area contributed by atoms with Crippen LogP contribution >= 0.6 is 12.6 Å². The van der Waals surface area contributed by atoms with Gasteiger partial charge >= 0.3 is 0 Å². The van der Waals surface area contributed by atoms with E-state index in [4.69, 9.17) is 5.26 Å². The predicted octanol–water partition coefficient (Wildman–Crippen LogP) is -0.521. The van der Waals surface area contributed by atoms with Crippen molar-refractivity contribution in [2.75, 3.05) is 13.6 Å². The van der Waals surface area contributed by atoms with Gasteiger partial charge in [-0.2, -0.15) is 17.9 Å². The molecule has 0 aliphatic carbocycles. The number of thiol groups is 1. The first-order valence-electron chi connectivity index (χ1n) is 4.58. The van der Waals surface area contributed by atoms with E-state index in [1.807, 2.05) is 0 Å². The Morgan fingerprint density at radius 3 is 2.62 bits per heavy atom. The normalized spacial score (nSPS) is 12.5. The van der Waals surface area contributed by atoms with Gasteiger partial charge in [-0.15, -0.1) is 0 Å². The number of rotatable bonds is 5. The lowest BCUT2D eigenvalue weighted by Gasteiger charge is -2.11. The molecule has 0 saturated heterocycles. The largest absolute Gasteiger partial charge is 0.354 e. The molecule has 88 valence electrons. The zero-order valence-corrected chi connectivity index (χ0v) is 10.0. The van der Waals surface area contributed by atoms with Gasteiger partial charge in [-0.05, 0) is 0 Å². The highest BCUT2D eigenvalue weighted by molar-refractivity contribution is 7.81. The number of carbonyl (C=O) groups excluding carboxylic acids is 2. The maximum absolute atomic E-state index is 11.1. The van der Waals surface area contributed by atoms with Crippen LogP contribution in [-0.2, 0) is 9.59 Å². The highest BCUT2D eigenvalue weighted by Gasteiger charge is 2.13. The van der Waals surface area contributed by atoms with Crippen LogP contribution in [0, 0.1) is 11.5 Å². The zero-order chi connectivity index (χ0) is 12.6. The Hall–Kier alpha value is -1.55. The van der Waals surface area contributed by atoms with Crippen molar-refractivity contribution in [1.29, 1.82) is 5.26 Å². The molecule has 1 atom stereocenters. The molecular weight excluding hydrogens is 228 g/mol. The molecule has 1 unspecified atom stereocenters. The van der Waals surface area contributed by atoms with Crippen molar-refractivity contribution in [3.8, 4) is 6.19 Å². The zero-order valence-electron chi connectivity index (χ0n) is 9.15. The van der Waals surface area contributed by atoms with E-state index in [1.165, 1.54) is 14.0 Å². The molecule has 2 N–H and O–H groups in total. The number of nitriles is 1. The molecule has 0 aromatic rings. The van der Waals surface area contributed by atoms with Crippen molar-refractivity contribution in [3.05, 3.63) is 0 Å². The molecule has 0 aliphatic heterocycles. The van der Waals surface area contributed by atoms with Gasteiger partial charge < -0.3 is 5.32 Å². The van der Waals surface area contributed by atoms with Gasteiger partial charge in [0.15, 0.2) is 17.8 Å². The Labute approximate surface area is 99.5 Å². The van der Waals surface area contributed by atoms with Crippen LogP contribution in [0.1, 0.15) is 13.3 Å². The number of guanidine groups is 1. The van der Waals surface area contributed by atoms with Gasteiger partial charge in [0.2, 0.25) is 5.96 Å². The van der Waals surface area contributed by atoms with E-state index in [-0.39, 0.29) is 11.7 Å². The first kappa shape index (κ1) is 14.5. The first-order chi connectivity index (χ1) is 7.51. The van der Waals surface area contributed by atoms with Gasteiger partial charge in [-0.1, -0.05) is 0 Å². The molecule has 0 aromatic heterocycles. The summed E-state index contributed by atoms with van der Waals surface area (Å²) in [7, 11) is 1.51. The third-order valence-corrected chi connectivity index (χ3v) is 2.08. The third kappa shape index (κ3) is 6.03. The van der Waals surface area contributed by atoms with Crippen molar-refractivity contribution in [2.45, 2.75) is 18.6 Å². The molecule has 0 rings (SSSR count). The predicted molar refractivity (Wildman–Crippen MR) is 63.2 cm³/mol. The van der Waals surface area contributed by atoms with E-state index in [9.17, 15) is 9.59 Å². The van der Waals surface area contributed by atoms with Crippen molar-refractivity contribution in [3.63, 3.8) is 0 Å². The summed E-state index contributed by atoms with van der Waals surface area (Å²) in [4.78, 5) is 25.5. The van der Waals surface area contributed by atoms with Gasteiger partial charge in [-0.3, -0.25) is 19.9 Å². The molecule has 0 aromatic carbocycles. The number of carbonyl (C=O) groups is 2. The van der Waals surface area contributed by atoms with Crippen molar-refractivity contribution < 1.29 is 9.59 Å². The highest BCUT2D eigenvalue weighted by atomic mass is 32.1. The Morgan fingerprint density at radius 1 is 1.56 bits per heavy atom. The molecule has 0 radical (unpaired) electrons. The standard InChI is InChI=1S/C9H14N4O2S/c1-6(14)8(15)3-7(16)4-12-9(11-2)13-5-10/h7,16H,3-4H2,1-2H3,(H2,11,12,13). The Morgan fingerprint density at radius 2 is 2.19 bits per heavy atom. The molecule has 0 spiro atoms.